The zero-order valence-electron chi connectivity index (χ0n) is 14.0. The molecule has 1 atom stereocenters. The molecule has 1 aromatic heterocycles. The fourth-order valence-electron chi connectivity index (χ4n) is 4.42. The fourth-order valence-corrected chi connectivity index (χ4v) is 5.89. The number of hydrogen-bond acceptors (Lipinski definition) is 5. The van der Waals surface area contributed by atoms with Crippen molar-refractivity contribution in [1.82, 2.24) is 15.2 Å². The van der Waals surface area contributed by atoms with Gasteiger partial charge < -0.3 is 0 Å². The molecular weight excluding hydrogens is 497 g/mol. The number of hydrogen-bond donors (Lipinski definition) is 1. The average Bonchev–Trinajstić information content (AvgIpc) is 2.53. The predicted molar refractivity (Wildman–Crippen MR) is 92.3 cm³/mol. The van der Waals surface area contributed by atoms with Gasteiger partial charge in [0.1, 0.15) is 0 Å². The first-order chi connectivity index (χ1) is 11.7. The van der Waals surface area contributed by atoms with E-state index in [2.05, 4.69) is 15.2 Å². The van der Waals surface area contributed by atoms with Gasteiger partial charge in [0.05, 0.1) is 0 Å². The molecule has 0 bridgehead atoms. The van der Waals surface area contributed by atoms with Crippen molar-refractivity contribution >= 4 is 32.1 Å². The van der Waals surface area contributed by atoms with E-state index in [4.69, 9.17) is 4.74 Å². The Kier molecular flexibility index (Phi) is 4.93. The van der Waals surface area contributed by atoms with Crippen molar-refractivity contribution in [2.45, 2.75) is 44.2 Å². The van der Waals surface area contributed by atoms with Gasteiger partial charge in [-0.1, -0.05) is 0 Å². The molecule has 3 radical (unpaired) electrons. The number of ether oxygens (including phenoxy) is 1. The van der Waals surface area contributed by atoms with Crippen molar-refractivity contribution < 1.29 is 9.53 Å². The molecule has 127 valence electrons. The summed E-state index contributed by atoms with van der Waals surface area (Å²) >= 11 is 1.15. The molecule has 5 nitrogen and oxygen atoms in total. The van der Waals surface area contributed by atoms with Crippen LogP contribution in [0.15, 0.2) is 12.3 Å². The van der Waals surface area contributed by atoms with E-state index >= 15 is 0 Å². The van der Waals surface area contributed by atoms with Gasteiger partial charge in [-0.2, -0.15) is 0 Å². The Hall–Kier alpha value is -0.538. The van der Waals surface area contributed by atoms with Gasteiger partial charge in [0.15, 0.2) is 0 Å². The molecule has 1 saturated heterocycles. The summed E-state index contributed by atoms with van der Waals surface area (Å²) in [5.41, 5.74) is 2.96. The molecule has 2 fully saturated rings. The third kappa shape index (κ3) is 3.03. The van der Waals surface area contributed by atoms with Crippen molar-refractivity contribution in [3.63, 3.8) is 0 Å². The molecule has 1 spiro atoms. The molecule has 6 heteroatoms. The zero-order chi connectivity index (χ0) is 16.6. The third-order valence-electron chi connectivity index (χ3n) is 5.82. The molecule has 4 rings (SSSR count). The van der Waals surface area contributed by atoms with E-state index in [1.807, 2.05) is 12.3 Å². The number of pyridine rings is 1. The van der Waals surface area contributed by atoms with E-state index in [0.717, 1.165) is 74.4 Å². The molecule has 24 heavy (non-hydrogen) atoms. The number of rotatable bonds is 6. The standard InChI is InChI=1S/C18H24N3O2.Pb/c1-21-7-5-14-17(15(21)3-2-8-22)16(4-6-20-14)23-13-9-18(10-13)11-19-12-18;/h4,6,8,13,15,19H,1-3,5,7,9-12H2;. The summed E-state index contributed by atoms with van der Waals surface area (Å²) in [6.45, 7) is 3.35. The molecule has 1 saturated carbocycles. The number of carbonyl (C=O) groups is 1. The van der Waals surface area contributed by atoms with Gasteiger partial charge in [-0.3, -0.25) is 0 Å². The van der Waals surface area contributed by atoms with E-state index < -0.39 is 0 Å². The maximum absolute atomic E-state index is 10.9. The molecule has 2 aliphatic heterocycles. The van der Waals surface area contributed by atoms with Crippen molar-refractivity contribution in [2.24, 2.45) is 5.41 Å². The quantitative estimate of drug-likeness (QED) is 0.451. The Morgan fingerprint density at radius 2 is 2.29 bits per heavy atom. The van der Waals surface area contributed by atoms with E-state index in [-0.39, 0.29) is 0 Å². The SMILES string of the molecule is O=CCCC1c2c(OC3CC4(CNC4)C3)ccnc2CCN1[CH2][Pb]. The molecule has 3 heterocycles. The first kappa shape index (κ1) is 16.9. The van der Waals surface area contributed by atoms with Crippen LogP contribution >= 0.6 is 0 Å². The maximum atomic E-state index is 10.9. The zero-order valence-corrected chi connectivity index (χ0v) is 17.8. The molecule has 3 aliphatic rings. The van der Waals surface area contributed by atoms with Crippen molar-refractivity contribution in [3.8, 4) is 5.75 Å². The topological polar surface area (TPSA) is 54.5 Å². The third-order valence-corrected chi connectivity index (χ3v) is 7.40. The van der Waals surface area contributed by atoms with Crippen molar-refractivity contribution in [2.75, 3.05) is 23.7 Å². The molecule has 1 aromatic rings. The number of aromatic nitrogens is 1. The number of fused-ring (bicyclic) bond motifs is 1. The Bertz CT molecular complexity index is 612. The van der Waals surface area contributed by atoms with Crippen molar-refractivity contribution in [1.29, 1.82) is 0 Å². The normalized spacial score (nSPS) is 25.6. The number of nitrogens with one attached hydrogen (secondary N) is 1. The van der Waals surface area contributed by atoms with Crippen LogP contribution in [0.3, 0.4) is 0 Å². The van der Waals surface area contributed by atoms with Gasteiger partial charge in [0.2, 0.25) is 0 Å². The summed E-state index contributed by atoms with van der Waals surface area (Å²) in [5, 5.41) is 3.38. The monoisotopic (exact) mass is 522 g/mol. The van der Waals surface area contributed by atoms with Gasteiger partial charge in [-0.15, -0.1) is 0 Å². The van der Waals surface area contributed by atoms with E-state index in [1.54, 1.807) is 0 Å². The van der Waals surface area contributed by atoms with Gasteiger partial charge in [-0.05, 0) is 0 Å². The first-order valence-corrected chi connectivity index (χ1v) is 11.7. The molecule has 0 aromatic carbocycles. The molecule has 1 N–H and O–H groups in total. The van der Waals surface area contributed by atoms with Crippen molar-refractivity contribution in [3.05, 3.63) is 23.5 Å². The van der Waals surface area contributed by atoms with Crippen LogP contribution in [-0.2, 0) is 11.2 Å². The average molecular weight is 522 g/mol. The van der Waals surface area contributed by atoms with Gasteiger partial charge in [-0.25, -0.2) is 0 Å². The second-order valence-corrected chi connectivity index (χ2v) is 8.63. The van der Waals surface area contributed by atoms with Crippen LogP contribution in [0, 0.1) is 5.41 Å². The molecule has 1 aliphatic carbocycles. The molecule has 0 amide bonds. The number of carbonyl (C=O) groups excluding carboxylic acids is 1. The number of aldehydes is 1. The Morgan fingerprint density at radius 1 is 1.46 bits per heavy atom. The van der Waals surface area contributed by atoms with Crippen LogP contribution in [0.4, 0.5) is 0 Å². The van der Waals surface area contributed by atoms with E-state index in [1.165, 1.54) is 24.1 Å². The predicted octanol–water partition coefficient (Wildman–Crippen LogP) is 1.22. The van der Waals surface area contributed by atoms with Crippen LogP contribution in [0.25, 0.3) is 0 Å². The van der Waals surface area contributed by atoms with Crippen LogP contribution in [0.1, 0.15) is 43.0 Å². The number of nitrogens with zero attached hydrogens (tertiary/aromatic N) is 2. The van der Waals surface area contributed by atoms with Crippen LogP contribution in [0.2, 0.25) is 0 Å². The molecule has 1 unspecified atom stereocenters. The summed E-state index contributed by atoms with van der Waals surface area (Å²) in [7, 11) is 0. The minimum absolute atomic E-state index is 0.291. The summed E-state index contributed by atoms with van der Waals surface area (Å²) in [6, 6.07) is 2.33. The summed E-state index contributed by atoms with van der Waals surface area (Å²) < 4.78 is 7.55. The van der Waals surface area contributed by atoms with Gasteiger partial charge in [0, 0.05) is 0 Å². The van der Waals surface area contributed by atoms with Gasteiger partial charge >= 0.3 is 159 Å². The van der Waals surface area contributed by atoms with E-state index in [9.17, 15) is 4.79 Å². The Labute approximate surface area is 159 Å². The first-order valence-electron chi connectivity index (χ1n) is 8.92. The Balaban J connectivity index is 1.55. The second-order valence-electron chi connectivity index (χ2n) is 7.40. The van der Waals surface area contributed by atoms with Crippen LogP contribution < -0.4 is 10.1 Å². The van der Waals surface area contributed by atoms with Crippen LogP contribution in [0.5, 0.6) is 5.75 Å². The summed E-state index contributed by atoms with van der Waals surface area (Å²) in [6.07, 6.45) is 8.08. The van der Waals surface area contributed by atoms with Crippen LogP contribution in [-0.4, -0.2) is 71.8 Å². The second kappa shape index (κ2) is 6.99. The Morgan fingerprint density at radius 3 is 2.96 bits per heavy atom. The summed E-state index contributed by atoms with van der Waals surface area (Å²) in [5.74, 6) is 1.02. The molecular formula is C18H24N3O2Pb. The minimum atomic E-state index is 0.291. The van der Waals surface area contributed by atoms with E-state index in [0.29, 0.717) is 24.0 Å². The van der Waals surface area contributed by atoms with Gasteiger partial charge in [0.25, 0.3) is 0 Å². The summed E-state index contributed by atoms with van der Waals surface area (Å²) in [4.78, 5) is 18.1. The fraction of sp³-hybridized carbons (Fsp3) is 0.667.